The van der Waals surface area contributed by atoms with Gasteiger partial charge in [-0.25, -0.2) is 8.42 Å². The van der Waals surface area contributed by atoms with Gasteiger partial charge in [-0.05, 0) is 25.7 Å². The lowest BCUT2D eigenvalue weighted by atomic mass is 10.1. The number of ether oxygens (including phenoxy) is 1. The van der Waals surface area contributed by atoms with Crippen LogP contribution in [0.4, 0.5) is 0 Å². The van der Waals surface area contributed by atoms with Crippen molar-refractivity contribution in [2.75, 3.05) is 20.3 Å². The van der Waals surface area contributed by atoms with Crippen molar-refractivity contribution in [1.29, 1.82) is 0 Å². The Kier molecular flexibility index (Phi) is 4.47. The van der Waals surface area contributed by atoms with Gasteiger partial charge in [0.25, 0.3) is 0 Å². The molecule has 1 saturated heterocycles. The van der Waals surface area contributed by atoms with Gasteiger partial charge in [-0.1, -0.05) is 6.42 Å². The van der Waals surface area contributed by atoms with E-state index in [2.05, 4.69) is 0 Å². The van der Waals surface area contributed by atoms with Crippen molar-refractivity contribution in [3.63, 3.8) is 0 Å². The molecule has 1 saturated carbocycles. The van der Waals surface area contributed by atoms with Crippen LogP contribution in [0, 0.1) is 5.92 Å². The number of sulfonamides is 1. The third-order valence-corrected chi connectivity index (χ3v) is 6.66. The average molecular weight is 291 g/mol. The highest BCUT2D eigenvalue weighted by Gasteiger charge is 2.47. The van der Waals surface area contributed by atoms with Gasteiger partial charge in [-0.15, -0.1) is 0 Å². The number of nitrogens with zero attached hydrogens (tertiary/aromatic N) is 1. The van der Waals surface area contributed by atoms with Crippen molar-refractivity contribution in [1.82, 2.24) is 4.31 Å². The summed E-state index contributed by atoms with van der Waals surface area (Å²) in [5.41, 5.74) is 0. The molecule has 3 unspecified atom stereocenters. The average Bonchev–Trinajstić information content (AvgIpc) is 3.06. The monoisotopic (exact) mass is 291 g/mol. The summed E-state index contributed by atoms with van der Waals surface area (Å²) in [5.74, 6) is -0.999. The van der Waals surface area contributed by atoms with Crippen LogP contribution in [-0.4, -0.2) is 55.4 Å². The van der Waals surface area contributed by atoms with E-state index in [-0.39, 0.29) is 12.6 Å². The van der Waals surface area contributed by atoms with Crippen LogP contribution in [0.3, 0.4) is 0 Å². The molecular weight excluding hydrogens is 270 g/mol. The molecule has 7 heteroatoms. The SMILES string of the molecule is COC(=O)C1CCCC1S(=O)(=O)N1CCCC1CO. The highest BCUT2D eigenvalue weighted by molar-refractivity contribution is 7.89. The second-order valence-electron chi connectivity index (χ2n) is 5.23. The molecule has 1 N–H and O–H groups in total. The number of hydrogen-bond donors (Lipinski definition) is 1. The topological polar surface area (TPSA) is 83.9 Å². The molecule has 0 aromatic carbocycles. The predicted octanol–water partition coefficient (Wildman–Crippen LogP) is 0.115. The Bertz CT molecular complexity index is 435. The Hall–Kier alpha value is -0.660. The van der Waals surface area contributed by atoms with Crippen LogP contribution in [0.1, 0.15) is 32.1 Å². The molecular formula is C12H21NO5S. The Balaban J connectivity index is 2.21. The molecule has 0 amide bonds. The maximum absolute atomic E-state index is 12.6. The molecule has 1 aliphatic heterocycles. The fourth-order valence-electron chi connectivity index (χ4n) is 3.20. The summed E-state index contributed by atoms with van der Waals surface area (Å²) >= 11 is 0. The molecule has 1 aliphatic carbocycles. The molecule has 2 fully saturated rings. The molecule has 19 heavy (non-hydrogen) atoms. The van der Waals surface area contributed by atoms with Crippen molar-refractivity contribution in [2.45, 2.75) is 43.4 Å². The fourth-order valence-corrected chi connectivity index (χ4v) is 5.65. The zero-order valence-electron chi connectivity index (χ0n) is 11.1. The van der Waals surface area contributed by atoms with Crippen LogP contribution >= 0.6 is 0 Å². The van der Waals surface area contributed by atoms with Gasteiger partial charge in [0.1, 0.15) is 0 Å². The van der Waals surface area contributed by atoms with Crippen LogP contribution in [0.5, 0.6) is 0 Å². The molecule has 6 nitrogen and oxygen atoms in total. The van der Waals surface area contributed by atoms with Crippen LogP contribution in [0.2, 0.25) is 0 Å². The van der Waals surface area contributed by atoms with Gasteiger partial charge in [0, 0.05) is 12.6 Å². The third kappa shape index (κ3) is 2.64. The van der Waals surface area contributed by atoms with Gasteiger partial charge in [0.15, 0.2) is 0 Å². The number of carbonyl (C=O) groups is 1. The van der Waals surface area contributed by atoms with E-state index in [0.29, 0.717) is 25.8 Å². The van der Waals surface area contributed by atoms with E-state index in [1.54, 1.807) is 0 Å². The first kappa shape index (κ1) is 14.7. The van der Waals surface area contributed by atoms with Gasteiger partial charge in [-0.2, -0.15) is 4.31 Å². The second kappa shape index (κ2) is 5.76. The second-order valence-corrected chi connectivity index (χ2v) is 7.34. The highest BCUT2D eigenvalue weighted by Crippen LogP contribution is 2.36. The standard InChI is InChI=1S/C12H21NO5S/c1-18-12(15)10-5-2-6-11(10)19(16,17)13-7-3-4-9(13)8-14/h9-11,14H,2-8H2,1H3. The van der Waals surface area contributed by atoms with Gasteiger partial charge in [0.05, 0.1) is 24.9 Å². The number of esters is 1. The summed E-state index contributed by atoms with van der Waals surface area (Å²) in [6.45, 7) is 0.285. The fraction of sp³-hybridized carbons (Fsp3) is 0.917. The largest absolute Gasteiger partial charge is 0.469 e. The quantitative estimate of drug-likeness (QED) is 0.744. The molecule has 1 heterocycles. The molecule has 0 spiro atoms. The van der Waals surface area contributed by atoms with Crippen LogP contribution in [0.25, 0.3) is 0 Å². The van der Waals surface area contributed by atoms with Gasteiger partial charge in [-0.3, -0.25) is 4.79 Å². The summed E-state index contributed by atoms with van der Waals surface area (Å²) in [6.07, 6.45) is 3.23. The molecule has 0 radical (unpaired) electrons. The highest BCUT2D eigenvalue weighted by atomic mass is 32.2. The molecule has 2 aliphatic rings. The van der Waals surface area contributed by atoms with E-state index in [0.717, 1.165) is 12.8 Å². The third-order valence-electron chi connectivity index (χ3n) is 4.20. The summed E-state index contributed by atoms with van der Waals surface area (Å²) < 4.78 is 31.4. The van der Waals surface area contributed by atoms with Crippen molar-refractivity contribution >= 4 is 16.0 Å². The van der Waals surface area contributed by atoms with E-state index < -0.39 is 27.2 Å². The van der Waals surface area contributed by atoms with Crippen molar-refractivity contribution < 1.29 is 23.1 Å². The number of aliphatic hydroxyl groups is 1. The van der Waals surface area contributed by atoms with E-state index >= 15 is 0 Å². The minimum Gasteiger partial charge on any atom is -0.469 e. The van der Waals surface area contributed by atoms with Crippen LogP contribution in [-0.2, 0) is 19.6 Å². The molecule has 3 atom stereocenters. The Morgan fingerprint density at radius 1 is 1.32 bits per heavy atom. The number of methoxy groups -OCH3 is 1. The van der Waals surface area contributed by atoms with E-state index in [1.165, 1.54) is 11.4 Å². The number of rotatable bonds is 4. The first-order chi connectivity index (χ1) is 9.02. The Labute approximate surface area is 113 Å². The molecule has 110 valence electrons. The minimum absolute atomic E-state index is 0.158. The predicted molar refractivity (Wildman–Crippen MR) is 68.9 cm³/mol. The van der Waals surface area contributed by atoms with E-state index in [9.17, 15) is 18.3 Å². The van der Waals surface area contributed by atoms with Crippen LogP contribution in [0.15, 0.2) is 0 Å². The molecule has 0 bridgehead atoms. The lowest BCUT2D eigenvalue weighted by Crippen LogP contribution is -2.45. The first-order valence-corrected chi connectivity index (χ1v) is 8.22. The number of aliphatic hydroxyl groups excluding tert-OH is 1. The maximum Gasteiger partial charge on any atom is 0.310 e. The lowest BCUT2D eigenvalue weighted by molar-refractivity contribution is -0.145. The molecule has 0 aromatic heterocycles. The minimum atomic E-state index is -3.53. The Morgan fingerprint density at radius 3 is 2.68 bits per heavy atom. The first-order valence-electron chi connectivity index (χ1n) is 6.71. The lowest BCUT2D eigenvalue weighted by Gasteiger charge is -2.28. The van der Waals surface area contributed by atoms with Crippen molar-refractivity contribution in [3.8, 4) is 0 Å². The summed E-state index contributed by atoms with van der Waals surface area (Å²) in [4.78, 5) is 11.7. The van der Waals surface area contributed by atoms with Crippen LogP contribution < -0.4 is 0 Å². The summed E-state index contributed by atoms with van der Waals surface area (Å²) in [6, 6.07) is -0.330. The number of carbonyl (C=O) groups excluding carboxylic acids is 1. The molecule has 0 aromatic rings. The smallest absolute Gasteiger partial charge is 0.310 e. The summed E-state index contributed by atoms with van der Waals surface area (Å²) in [5, 5.41) is 8.58. The zero-order valence-corrected chi connectivity index (χ0v) is 11.9. The van der Waals surface area contributed by atoms with Gasteiger partial charge >= 0.3 is 5.97 Å². The van der Waals surface area contributed by atoms with E-state index in [1.807, 2.05) is 0 Å². The Morgan fingerprint density at radius 2 is 2.05 bits per heavy atom. The number of hydrogen-bond acceptors (Lipinski definition) is 5. The van der Waals surface area contributed by atoms with E-state index in [4.69, 9.17) is 4.74 Å². The van der Waals surface area contributed by atoms with Crippen molar-refractivity contribution in [2.24, 2.45) is 5.92 Å². The zero-order chi connectivity index (χ0) is 14.0. The maximum atomic E-state index is 12.6. The molecule has 2 rings (SSSR count). The summed E-state index contributed by atoms with van der Waals surface area (Å²) in [7, 11) is -2.24. The van der Waals surface area contributed by atoms with Gasteiger partial charge < -0.3 is 9.84 Å². The normalized spacial score (nSPS) is 32.6. The van der Waals surface area contributed by atoms with Crippen molar-refractivity contribution in [3.05, 3.63) is 0 Å². The van der Waals surface area contributed by atoms with Gasteiger partial charge in [0.2, 0.25) is 10.0 Å².